The molecule has 6 heteroatoms. The maximum Gasteiger partial charge on any atom is 0.306 e. The molecule has 0 aromatic rings. The molecule has 0 rings (SSSR count). The van der Waals surface area contributed by atoms with Crippen LogP contribution >= 0.6 is 0 Å². The largest absolute Gasteiger partial charge is 0.462 e. The Hall–Kier alpha value is -4.45. The Morgan fingerprint density at radius 1 is 0.259 bits per heavy atom. The van der Waals surface area contributed by atoms with Crippen LogP contribution in [0, 0.1) is 0 Å². The lowest BCUT2D eigenvalue weighted by molar-refractivity contribution is -0.167. The molecule has 460 valence electrons. The summed E-state index contributed by atoms with van der Waals surface area (Å²) in [6, 6.07) is 0. The molecule has 0 radical (unpaired) electrons. The summed E-state index contributed by atoms with van der Waals surface area (Å²) in [5.74, 6) is -0.936. The third-order valence-electron chi connectivity index (χ3n) is 14.2. The third kappa shape index (κ3) is 66.2. The van der Waals surface area contributed by atoms with E-state index < -0.39 is 6.10 Å². The van der Waals surface area contributed by atoms with Gasteiger partial charge in [-0.1, -0.05) is 302 Å². The lowest BCUT2D eigenvalue weighted by Gasteiger charge is -2.18. The smallest absolute Gasteiger partial charge is 0.306 e. The zero-order valence-electron chi connectivity index (χ0n) is 52.8. The summed E-state index contributed by atoms with van der Waals surface area (Å²) in [5, 5.41) is 0. The number of ether oxygens (including phenoxy) is 3. The summed E-state index contributed by atoms with van der Waals surface area (Å²) in [6.45, 7) is 6.39. The van der Waals surface area contributed by atoms with Gasteiger partial charge in [-0.2, -0.15) is 0 Å². The average Bonchev–Trinajstić information content (AvgIpc) is 3.47. The van der Waals surface area contributed by atoms with Crippen LogP contribution in [-0.4, -0.2) is 37.2 Å². The molecule has 0 N–H and O–H groups in total. The first-order chi connectivity index (χ1) is 40.0. The van der Waals surface area contributed by atoms with Gasteiger partial charge in [-0.25, -0.2) is 0 Å². The van der Waals surface area contributed by atoms with E-state index in [0.717, 1.165) is 135 Å². The molecule has 0 fully saturated rings. The summed E-state index contributed by atoms with van der Waals surface area (Å²) in [4.78, 5) is 38.4. The van der Waals surface area contributed by atoms with Crippen LogP contribution in [0.2, 0.25) is 0 Å². The molecule has 81 heavy (non-hydrogen) atoms. The van der Waals surface area contributed by atoms with Gasteiger partial charge < -0.3 is 14.2 Å². The van der Waals surface area contributed by atoms with E-state index in [1.165, 1.54) is 128 Å². The van der Waals surface area contributed by atoms with E-state index in [1.54, 1.807) is 0 Å². The number of carbonyl (C=O) groups is 3. The Bertz CT molecular complexity index is 1720. The predicted molar refractivity (Wildman–Crippen MR) is 353 cm³/mol. The van der Waals surface area contributed by atoms with Gasteiger partial charge in [0, 0.05) is 19.3 Å². The Labute approximate surface area is 500 Å². The van der Waals surface area contributed by atoms with Crippen molar-refractivity contribution in [3.8, 4) is 0 Å². The fourth-order valence-corrected chi connectivity index (χ4v) is 9.18. The summed E-state index contributed by atoms with van der Waals surface area (Å²) in [5.41, 5.74) is 0. The van der Waals surface area contributed by atoms with E-state index in [0.29, 0.717) is 19.3 Å². The van der Waals surface area contributed by atoms with Gasteiger partial charge in [0.1, 0.15) is 13.2 Å². The average molecular weight is 1120 g/mol. The van der Waals surface area contributed by atoms with Crippen LogP contribution in [-0.2, 0) is 28.6 Å². The lowest BCUT2D eigenvalue weighted by Crippen LogP contribution is -2.30. The van der Waals surface area contributed by atoms with Crippen molar-refractivity contribution in [3.05, 3.63) is 134 Å². The lowest BCUT2D eigenvalue weighted by atomic mass is 10.0. The Kier molecular flexibility index (Phi) is 64.3. The molecule has 0 aromatic heterocycles. The summed E-state index contributed by atoms with van der Waals surface area (Å²) < 4.78 is 16.9. The molecule has 0 aliphatic carbocycles. The highest BCUT2D eigenvalue weighted by Gasteiger charge is 2.19. The van der Waals surface area contributed by atoms with Gasteiger partial charge in [-0.3, -0.25) is 14.4 Å². The molecule has 0 spiro atoms. The van der Waals surface area contributed by atoms with Crippen molar-refractivity contribution in [2.24, 2.45) is 0 Å². The number of allylic oxidation sites excluding steroid dienone is 22. The number of rotatable bonds is 60. The first kappa shape index (κ1) is 76.5. The molecule has 0 saturated heterocycles. The molecule has 1 unspecified atom stereocenters. The highest BCUT2D eigenvalue weighted by Crippen LogP contribution is 2.16. The molecule has 0 aliphatic heterocycles. The van der Waals surface area contributed by atoms with Gasteiger partial charge in [0.2, 0.25) is 0 Å². The van der Waals surface area contributed by atoms with Crippen LogP contribution in [0.15, 0.2) is 134 Å². The second kappa shape index (κ2) is 68.1. The summed E-state index contributed by atoms with van der Waals surface area (Å²) in [6.07, 6.45) is 96.1. The predicted octanol–water partition coefficient (Wildman–Crippen LogP) is 23.3. The number of esters is 3. The van der Waals surface area contributed by atoms with E-state index in [-0.39, 0.29) is 31.1 Å². The fourth-order valence-electron chi connectivity index (χ4n) is 9.18. The number of hydrogen-bond acceptors (Lipinski definition) is 6. The monoisotopic (exact) mass is 1120 g/mol. The van der Waals surface area contributed by atoms with Gasteiger partial charge in [-0.15, -0.1) is 0 Å². The fraction of sp³-hybridized carbons (Fsp3) is 0.667. The molecule has 0 bridgehead atoms. The van der Waals surface area contributed by atoms with Gasteiger partial charge in [0.25, 0.3) is 0 Å². The quantitative estimate of drug-likeness (QED) is 0.0261. The van der Waals surface area contributed by atoms with Gasteiger partial charge in [-0.05, 0) is 116 Å². The van der Waals surface area contributed by atoms with Crippen LogP contribution in [0.5, 0.6) is 0 Å². The Morgan fingerprint density at radius 2 is 0.481 bits per heavy atom. The maximum atomic E-state index is 12.9. The van der Waals surface area contributed by atoms with E-state index in [4.69, 9.17) is 14.2 Å². The molecule has 0 amide bonds. The zero-order chi connectivity index (χ0) is 58.5. The van der Waals surface area contributed by atoms with Crippen molar-refractivity contribution in [1.82, 2.24) is 0 Å². The SMILES string of the molecule is CC/C=C\C/C=C\C/C=C\C/C=C\C/C=C\C/C=C\C/C=C\CCCCCCCCCCCC(=O)OCC(COC(=O)CCCC/C=C\C/C=C\C/C=C\C/C=C\CC)OC(=O)CCCCCCCCCCCCCCCCCCC. The van der Waals surface area contributed by atoms with Crippen LogP contribution in [0.1, 0.15) is 303 Å². The minimum atomic E-state index is -0.801. The highest BCUT2D eigenvalue weighted by molar-refractivity contribution is 5.71. The topological polar surface area (TPSA) is 78.9 Å². The Morgan fingerprint density at radius 3 is 0.778 bits per heavy atom. The minimum Gasteiger partial charge on any atom is -0.462 e. The number of hydrogen-bond donors (Lipinski definition) is 0. The molecule has 0 aromatic carbocycles. The molecule has 0 saturated carbocycles. The first-order valence-corrected chi connectivity index (χ1v) is 33.7. The van der Waals surface area contributed by atoms with Crippen LogP contribution in [0.4, 0.5) is 0 Å². The van der Waals surface area contributed by atoms with Crippen LogP contribution < -0.4 is 0 Å². The number of unbranched alkanes of at least 4 members (excludes halogenated alkanes) is 27. The summed E-state index contributed by atoms with van der Waals surface area (Å²) >= 11 is 0. The van der Waals surface area contributed by atoms with E-state index in [2.05, 4.69) is 154 Å². The van der Waals surface area contributed by atoms with E-state index >= 15 is 0 Å². The minimum absolute atomic E-state index is 0.0952. The standard InChI is InChI=1S/C75H124O6/c1-4-7-10-13-16-19-22-25-28-30-31-32-33-34-35-36-37-38-39-40-41-42-43-45-47-50-53-56-59-62-65-68-74(77)80-71-72(70-79-73(76)67-64-61-58-55-52-49-46-27-24-21-18-15-12-9-6-3)81-75(78)69-66-63-60-57-54-51-48-44-29-26-23-20-17-14-11-8-5-2/h7,9-10,12,16,18-19,21,25,27-28,31-32,34-35,37-38,40-41,46,52,55,72H,4-6,8,11,13-15,17,20,22-24,26,29-30,33,36,39,42-45,47-51,53-54,56-71H2,1-3H3/b10-7-,12-9-,19-16-,21-18-,28-25-,32-31-,35-34-,38-37-,41-40-,46-27-,55-52-. The molecule has 0 aliphatic rings. The maximum absolute atomic E-state index is 12.9. The van der Waals surface area contributed by atoms with Crippen molar-refractivity contribution < 1.29 is 28.6 Å². The van der Waals surface area contributed by atoms with Crippen molar-refractivity contribution in [2.45, 2.75) is 309 Å². The van der Waals surface area contributed by atoms with Gasteiger partial charge in [0.05, 0.1) is 0 Å². The molecular formula is C75H124O6. The third-order valence-corrected chi connectivity index (χ3v) is 14.2. The normalized spacial score (nSPS) is 13.0. The van der Waals surface area contributed by atoms with Crippen molar-refractivity contribution in [1.29, 1.82) is 0 Å². The van der Waals surface area contributed by atoms with Crippen LogP contribution in [0.25, 0.3) is 0 Å². The van der Waals surface area contributed by atoms with E-state index in [9.17, 15) is 14.4 Å². The molecular weight excluding hydrogens is 997 g/mol. The number of carbonyl (C=O) groups excluding carboxylic acids is 3. The second-order valence-electron chi connectivity index (χ2n) is 22.0. The molecule has 0 heterocycles. The Balaban J connectivity index is 4.34. The molecule has 6 nitrogen and oxygen atoms in total. The second-order valence-corrected chi connectivity index (χ2v) is 22.0. The highest BCUT2D eigenvalue weighted by atomic mass is 16.6. The van der Waals surface area contributed by atoms with Crippen molar-refractivity contribution >= 4 is 17.9 Å². The van der Waals surface area contributed by atoms with Crippen LogP contribution in [0.3, 0.4) is 0 Å². The summed E-state index contributed by atoms with van der Waals surface area (Å²) in [7, 11) is 0. The van der Waals surface area contributed by atoms with Crippen molar-refractivity contribution in [2.75, 3.05) is 13.2 Å². The first-order valence-electron chi connectivity index (χ1n) is 33.7. The molecule has 1 atom stereocenters. The van der Waals surface area contributed by atoms with E-state index in [1.807, 2.05) is 0 Å². The van der Waals surface area contributed by atoms with Gasteiger partial charge in [0.15, 0.2) is 6.10 Å². The zero-order valence-corrected chi connectivity index (χ0v) is 52.8. The van der Waals surface area contributed by atoms with Crippen molar-refractivity contribution in [3.63, 3.8) is 0 Å². The van der Waals surface area contributed by atoms with Gasteiger partial charge >= 0.3 is 17.9 Å².